The third-order valence-electron chi connectivity index (χ3n) is 7.22. The molecule has 1 atom stereocenters. The largest absolute Gasteiger partial charge is 0.351 e. The number of hydrogen-bond donors (Lipinski definition) is 1. The Morgan fingerprint density at radius 2 is 1.88 bits per heavy atom. The van der Waals surface area contributed by atoms with Gasteiger partial charge in [0, 0.05) is 50.9 Å². The van der Waals surface area contributed by atoms with E-state index in [2.05, 4.69) is 79.8 Å². The molecule has 0 spiro atoms. The van der Waals surface area contributed by atoms with Crippen LogP contribution in [0.2, 0.25) is 0 Å². The molecule has 0 unspecified atom stereocenters. The molecule has 6 heteroatoms. The number of para-hydroxylation sites is 1. The molecule has 164 valence electrons. The Morgan fingerprint density at radius 3 is 2.66 bits per heavy atom. The lowest BCUT2D eigenvalue weighted by Gasteiger charge is -2.33. The number of piperidine rings is 1. The number of benzene rings is 2. The molecule has 4 heterocycles. The van der Waals surface area contributed by atoms with Crippen LogP contribution >= 0.6 is 0 Å². The third-order valence-corrected chi connectivity index (χ3v) is 7.22. The molecule has 32 heavy (non-hydrogen) atoms. The zero-order valence-corrected chi connectivity index (χ0v) is 18.6. The number of hydrogen-bond acceptors (Lipinski definition) is 4. The minimum atomic E-state index is 0.431. The number of imidazole rings is 2. The van der Waals surface area contributed by atoms with Crippen LogP contribution in [-0.4, -0.2) is 43.6 Å². The van der Waals surface area contributed by atoms with Crippen LogP contribution in [0.15, 0.2) is 61.1 Å². The number of anilines is 1. The first-order chi connectivity index (χ1) is 15.8. The summed E-state index contributed by atoms with van der Waals surface area (Å²) in [6.07, 6.45) is 6.08. The van der Waals surface area contributed by atoms with E-state index in [0.717, 1.165) is 57.0 Å². The van der Waals surface area contributed by atoms with E-state index in [0.29, 0.717) is 12.0 Å². The van der Waals surface area contributed by atoms with E-state index < -0.39 is 0 Å². The lowest BCUT2D eigenvalue weighted by molar-refractivity contribution is 0.181. The molecule has 2 aliphatic heterocycles. The molecule has 0 amide bonds. The van der Waals surface area contributed by atoms with Gasteiger partial charge in [0.15, 0.2) is 0 Å². The second kappa shape index (κ2) is 8.10. The summed E-state index contributed by atoms with van der Waals surface area (Å²) in [5.41, 5.74) is 6.40. The van der Waals surface area contributed by atoms with Gasteiger partial charge in [0.25, 0.3) is 0 Å². The second-order valence-corrected chi connectivity index (χ2v) is 9.30. The maximum atomic E-state index is 5.13. The molecule has 1 fully saturated rings. The van der Waals surface area contributed by atoms with Gasteiger partial charge in [-0.1, -0.05) is 42.5 Å². The maximum Gasteiger partial charge on any atom is 0.206 e. The smallest absolute Gasteiger partial charge is 0.206 e. The summed E-state index contributed by atoms with van der Waals surface area (Å²) in [6.45, 7) is 7.31. The molecule has 1 N–H and O–H groups in total. The highest BCUT2D eigenvalue weighted by atomic mass is 15.3. The van der Waals surface area contributed by atoms with Gasteiger partial charge in [-0.2, -0.15) is 0 Å². The molecular weight excluding hydrogens is 396 g/mol. The second-order valence-electron chi connectivity index (χ2n) is 9.30. The molecule has 0 saturated carbocycles. The van der Waals surface area contributed by atoms with Crippen molar-refractivity contribution in [1.82, 2.24) is 24.4 Å². The molecule has 6 nitrogen and oxygen atoms in total. The standard InChI is InChI=1S/C26H30N6/c1-19-15-32-25-22(17-31(19)16-20-6-3-2-4-7-20)8-5-9-23(25)29-26(32)30-12-10-21(11-13-30)24-14-27-18-28-24/h2-9,14,18-19,21H,10-13,15-17H2,1H3,(H,27,28)/t19-/m0/s1. The molecule has 0 radical (unpaired) electrons. The molecule has 0 bridgehead atoms. The Morgan fingerprint density at radius 1 is 1.03 bits per heavy atom. The number of nitrogens with one attached hydrogen (secondary N) is 1. The molecule has 2 aliphatic rings. The van der Waals surface area contributed by atoms with Crippen LogP contribution in [0, 0.1) is 0 Å². The predicted octanol–water partition coefficient (Wildman–Crippen LogP) is 4.55. The monoisotopic (exact) mass is 426 g/mol. The van der Waals surface area contributed by atoms with Crippen LogP contribution < -0.4 is 4.90 Å². The Kier molecular flexibility index (Phi) is 4.95. The van der Waals surface area contributed by atoms with E-state index in [1.54, 1.807) is 6.33 Å². The first kappa shape index (κ1) is 19.6. The van der Waals surface area contributed by atoms with Gasteiger partial charge in [-0.25, -0.2) is 9.97 Å². The van der Waals surface area contributed by atoms with E-state index in [9.17, 15) is 0 Å². The van der Waals surface area contributed by atoms with Gasteiger partial charge < -0.3 is 14.5 Å². The van der Waals surface area contributed by atoms with Crippen LogP contribution in [0.5, 0.6) is 0 Å². The number of aromatic nitrogens is 4. The Bertz CT molecular complexity index is 1190. The van der Waals surface area contributed by atoms with Gasteiger partial charge in [0.1, 0.15) is 0 Å². The zero-order valence-electron chi connectivity index (χ0n) is 18.6. The molecule has 2 aromatic heterocycles. The topological polar surface area (TPSA) is 53.0 Å². The van der Waals surface area contributed by atoms with Crippen molar-refractivity contribution in [3.63, 3.8) is 0 Å². The van der Waals surface area contributed by atoms with Crippen LogP contribution in [-0.2, 0) is 19.6 Å². The Labute approximate surface area is 188 Å². The first-order valence-electron chi connectivity index (χ1n) is 11.8. The molecule has 1 saturated heterocycles. The number of H-pyrrole nitrogens is 1. The lowest BCUT2D eigenvalue weighted by atomic mass is 9.94. The summed E-state index contributed by atoms with van der Waals surface area (Å²) in [6, 6.07) is 17.9. The van der Waals surface area contributed by atoms with E-state index >= 15 is 0 Å². The summed E-state index contributed by atoms with van der Waals surface area (Å²) < 4.78 is 2.50. The van der Waals surface area contributed by atoms with E-state index in [1.807, 2.05) is 6.20 Å². The predicted molar refractivity (Wildman–Crippen MR) is 128 cm³/mol. The fraction of sp³-hybridized carbons (Fsp3) is 0.385. The molecule has 2 aromatic carbocycles. The van der Waals surface area contributed by atoms with Crippen LogP contribution in [0.4, 0.5) is 5.95 Å². The number of nitrogens with zero attached hydrogens (tertiary/aromatic N) is 5. The van der Waals surface area contributed by atoms with E-state index in [4.69, 9.17) is 4.98 Å². The van der Waals surface area contributed by atoms with E-state index in [-0.39, 0.29) is 0 Å². The van der Waals surface area contributed by atoms with Gasteiger partial charge in [0.2, 0.25) is 5.95 Å². The quantitative estimate of drug-likeness (QED) is 0.520. The van der Waals surface area contributed by atoms with Crippen molar-refractivity contribution in [1.29, 1.82) is 0 Å². The highest BCUT2D eigenvalue weighted by molar-refractivity contribution is 5.82. The van der Waals surface area contributed by atoms with Crippen molar-refractivity contribution in [2.75, 3.05) is 18.0 Å². The third kappa shape index (κ3) is 3.48. The highest BCUT2D eigenvalue weighted by Gasteiger charge is 2.29. The number of rotatable bonds is 4. The lowest BCUT2D eigenvalue weighted by Crippen LogP contribution is -2.37. The average Bonchev–Trinajstić information content (AvgIpc) is 3.46. The van der Waals surface area contributed by atoms with Crippen molar-refractivity contribution in [2.45, 2.75) is 51.4 Å². The summed E-state index contributed by atoms with van der Waals surface area (Å²) >= 11 is 0. The van der Waals surface area contributed by atoms with Crippen LogP contribution in [0.3, 0.4) is 0 Å². The molecular formula is C26H30N6. The van der Waals surface area contributed by atoms with Gasteiger partial charge in [-0.15, -0.1) is 0 Å². The zero-order chi connectivity index (χ0) is 21.5. The van der Waals surface area contributed by atoms with Gasteiger partial charge >= 0.3 is 0 Å². The van der Waals surface area contributed by atoms with Gasteiger partial charge in [-0.3, -0.25) is 4.90 Å². The SMILES string of the molecule is C[C@H]1Cn2c(N3CCC(c4c[nH]cn4)CC3)nc3cccc(c32)CN1Cc1ccccc1. The normalized spacial score (nSPS) is 20.0. The van der Waals surface area contributed by atoms with Gasteiger partial charge in [-0.05, 0) is 37.0 Å². The van der Waals surface area contributed by atoms with Gasteiger partial charge in [0.05, 0.1) is 23.1 Å². The van der Waals surface area contributed by atoms with Crippen molar-refractivity contribution in [3.05, 3.63) is 77.9 Å². The highest BCUT2D eigenvalue weighted by Crippen LogP contribution is 2.34. The fourth-order valence-electron chi connectivity index (χ4n) is 5.44. The molecule has 0 aliphatic carbocycles. The summed E-state index contributed by atoms with van der Waals surface area (Å²) in [7, 11) is 0. The van der Waals surface area contributed by atoms with Crippen LogP contribution in [0.1, 0.15) is 42.5 Å². The summed E-state index contributed by atoms with van der Waals surface area (Å²) in [5, 5.41) is 0. The summed E-state index contributed by atoms with van der Waals surface area (Å²) in [4.78, 5) is 17.8. The first-order valence-corrected chi connectivity index (χ1v) is 11.8. The van der Waals surface area contributed by atoms with E-state index in [1.165, 1.54) is 22.3 Å². The average molecular weight is 427 g/mol. The number of aromatic amines is 1. The fourth-order valence-corrected chi connectivity index (χ4v) is 5.44. The maximum absolute atomic E-state index is 5.13. The Hall–Kier alpha value is -3.12. The molecule has 4 aromatic rings. The van der Waals surface area contributed by atoms with Crippen LogP contribution in [0.25, 0.3) is 11.0 Å². The summed E-state index contributed by atoms with van der Waals surface area (Å²) in [5.74, 6) is 1.68. The van der Waals surface area contributed by atoms with Crippen molar-refractivity contribution < 1.29 is 0 Å². The minimum Gasteiger partial charge on any atom is -0.351 e. The van der Waals surface area contributed by atoms with Crippen molar-refractivity contribution in [3.8, 4) is 0 Å². The van der Waals surface area contributed by atoms with Crippen molar-refractivity contribution in [2.24, 2.45) is 0 Å². The Balaban J connectivity index is 1.29. The minimum absolute atomic E-state index is 0.431. The molecule has 6 rings (SSSR count). The van der Waals surface area contributed by atoms with Crippen molar-refractivity contribution >= 4 is 17.0 Å².